The topological polar surface area (TPSA) is 47.0 Å². The Bertz CT molecular complexity index is 366. The summed E-state index contributed by atoms with van der Waals surface area (Å²) in [5, 5.41) is 3.78. The van der Waals surface area contributed by atoms with Crippen LogP contribution in [0.3, 0.4) is 0 Å². The van der Waals surface area contributed by atoms with Crippen LogP contribution in [0.25, 0.3) is 0 Å². The smallest absolute Gasteiger partial charge is 0.148 e. The molecule has 15 heavy (non-hydrogen) atoms. The molecule has 0 aliphatic carbocycles. The number of anilines is 1. The van der Waals surface area contributed by atoms with Gasteiger partial charge in [0.2, 0.25) is 0 Å². The van der Waals surface area contributed by atoms with Crippen molar-refractivity contribution < 1.29 is 4.74 Å². The lowest BCUT2D eigenvalue weighted by molar-refractivity contribution is -0.0320. The van der Waals surface area contributed by atoms with Crippen LogP contribution in [0.5, 0.6) is 0 Å². The van der Waals surface area contributed by atoms with E-state index in [9.17, 15) is 0 Å². The summed E-state index contributed by atoms with van der Waals surface area (Å²) in [6.45, 7) is 5.55. The molecule has 4 nitrogen and oxygen atoms in total. The first-order valence-electron chi connectivity index (χ1n) is 5.00. The van der Waals surface area contributed by atoms with E-state index in [0.717, 1.165) is 17.9 Å². The monoisotopic (exact) mass is 227 g/mol. The molecule has 1 fully saturated rings. The SMILES string of the molecule is CCc1nc(Cl)cnc1NC1(C)COC1. The maximum Gasteiger partial charge on any atom is 0.148 e. The van der Waals surface area contributed by atoms with Crippen LogP contribution < -0.4 is 5.32 Å². The highest BCUT2D eigenvalue weighted by Crippen LogP contribution is 2.23. The van der Waals surface area contributed by atoms with Gasteiger partial charge >= 0.3 is 0 Å². The van der Waals surface area contributed by atoms with Crippen molar-refractivity contribution in [3.05, 3.63) is 17.0 Å². The summed E-state index contributed by atoms with van der Waals surface area (Å²) in [5.74, 6) is 0.813. The summed E-state index contributed by atoms with van der Waals surface area (Å²) in [4.78, 5) is 8.49. The van der Waals surface area contributed by atoms with Gasteiger partial charge in [0.05, 0.1) is 30.6 Å². The largest absolute Gasteiger partial charge is 0.376 e. The second-order valence-electron chi connectivity index (χ2n) is 4.02. The van der Waals surface area contributed by atoms with E-state index in [1.54, 1.807) is 6.20 Å². The standard InChI is InChI=1S/C10H14ClN3O/c1-3-7-9(12-4-8(11)13-7)14-10(2)5-15-6-10/h4H,3,5-6H2,1-2H3,(H,12,14). The van der Waals surface area contributed by atoms with E-state index < -0.39 is 0 Å². The summed E-state index contributed by atoms with van der Waals surface area (Å²) < 4.78 is 5.17. The van der Waals surface area contributed by atoms with Gasteiger partial charge in [0.25, 0.3) is 0 Å². The van der Waals surface area contributed by atoms with E-state index in [0.29, 0.717) is 18.4 Å². The second-order valence-corrected chi connectivity index (χ2v) is 4.41. The molecule has 1 saturated heterocycles. The number of aryl methyl sites for hydroxylation is 1. The average Bonchev–Trinajstić information content (AvgIpc) is 2.18. The first kappa shape index (κ1) is 10.6. The zero-order valence-corrected chi connectivity index (χ0v) is 9.64. The van der Waals surface area contributed by atoms with Crippen molar-refractivity contribution in [2.24, 2.45) is 0 Å². The third kappa shape index (κ3) is 2.21. The number of aromatic nitrogens is 2. The summed E-state index contributed by atoms with van der Waals surface area (Å²) in [6.07, 6.45) is 2.37. The van der Waals surface area contributed by atoms with Gasteiger partial charge in [0.1, 0.15) is 11.0 Å². The van der Waals surface area contributed by atoms with E-state index >= 15 is 0 Å². The number of rotatable bonds is 3. The number of halogens is 1. The molecule has 0 bridgehead atoms. The van der Waals surface area contributed by atoms with Crippen LogP contribution >= 0.6 is 11.6 Å². The van der Waals surface area contributed by atoms with Crippen molar-refractivity contribution >= 4 is 17.4 Å². The molecule has 0 radical (unpaired) electrons. The predicted octanol–water partition coefficient (Wildman–Crippen LogP) is 1.89. The fourth-order valence-corrected chi connectivity index (χ4v) is 1.67. The van der Waals surface area contributed by atoms with Crippen LogP contribution in [-0.2, 0) is 11.2 Å². The molecule has 0 unspecified atom stereocenters. The zero-order valence-electron chi connectivity index (χ0n) is 8.88. The van der Waals surface area contributed by atoms with Gasteiger partial charge in [-0.05, 0) is 13.3 Å². The Morgan fingerprint density at radius 3 is 2.87 bits per heavy atom. The molecule has 0 saturated carbocycles. The van der Waals surface area contributed by atoms with E-state index in [-0.39, 0.29) is 5.54 Å². The Balaban J connectivity index is 2.20. The van der Waals surface area contributed by atoms with Crippen molar-refractivity contribution in [2.45, 2.75) is 25.8 Å². The van der Waals surface area contributed by atoms with E-state index in [4.69, 9.17) is 16.3 Å². The third-order valence-corrected chi connectivity index (χ3v) is 2.59. The molecular weight excluding hydrogens is 214 g/mol. The minimum atomic E-state index is -0.00751. The van der Waals surface area contributed by atoms with E-state index in [1.807, 2.05) is 6.92 Å². The van der Waals surface area contributed by atoms with Crippen molar-refractivity contribution in [3.63, 3.8) is 0 Å². The number of nitrogens with zero attached hydrogens (tertiary/aromatic N) is 2. The van der Waals surface area contributed by atoms with Gasteiger partial charge in [-0.15, -0.1) is 0 Å². The first-order chi connectivity index (χ1) is 7.13. The minimum absolute atomic E-state index is 0.00751. The maximum atomic E-state index is 5.79. The molecule has 1 N–H and O–H groups in total. The third-order valence-electron chi connectivity index (χ3n) is 2.41. The van der Waals surface area contributed by atoms with Crippen LogP contribution in [0.2, 0.25) is 5.15 Å². The highest BCUT2D eigenvalue weighted by Gasteiger charge is 2.34. The molecule has 0 spiro atoms. The van der Waals surface area contributed by atoms with Gasteiger partial charge in [-0.1, -0.05) is 18.5 Å². The van der Waals surface area contributed by atoms with Crippen LogP contribution in [0.15, 0.2) is 6.20 Å². The van der Waals surface area contributed by atoms with Crippen molar-refractivity contribution in [1.82, 2.24) is 9.97 Å². The Labute approximate surface area is 94.0 Å². The van der Waals surface area contributed by atoms with Crippen molar-refractivity contribution in [2.75, 3.05) is 18.5 Å². The molecule has 2 heterocycles. The Morgan fingerprint density at radius 1 is 1.60 bits per heavy atom. The molecular formula is C10H14ClN3O. The Morgan fingerprint density at radius 2 is 2.33 bits per heavy atom. The fourth-order valence-electron chi connectivity index (χ4n) is 1.52. The van der Waals surface area contributed by atoms with E-state index in [2.05, 4.69) is 22.2 Å². The lowest BCUT2D eigenvalue weighted by Crippen LogP contribution is -2.53. The zero-order chi connectivity index (χ0) is 10.9. The summed E-state index contributed by atoms with van der Waals surface area (Å²) in [5.41, 5.74) is 0.891. The molecule has 5 heteroatoms. The maximum absolute atomic E-state index is 5.79. The van der Waals surface area contributed by atoms with E-state index in [1.165, 1.54) is 0 Å². The molecule has 1 aliphatic rings. The van der Waals surface area contributed by atoms with Gasteiger partial charge < -0.3 is 10.1 Å². The number of nitrogens with one attached hydrogen (secondary N) is 1. The van der Waals surface area contributed by atoms with Crippen LogP contribution in [0.1, 0.15) is 19.5 Å². The molecule has 1 aromatic heterocycles. The quantitative estimate of drug-likeness (QED) is 0.857. The van der Waals surface area contributed by atoms with Gasteiger partial charge in [-0.3, -0.25) is 0 Å². The number of hydrogen-bond acceptors (Lipinski definition) is 4. The van der Waals surface area contributed by atoms with Gasteiger partial charge in [-0.2, -0.15) is 0 Å². The van der Waals surface area contributed by atoms with Crippen LogP contribution in [0.4, 0.5) is 5.82 Å². The van der Waals surface area contributed by atoms with Crippen molar-refractivity contribution in [1.29, 1.82) is 0 Å². The second kappa shape index (κ2) is 3.94. The predicted molar refractivity (Wildman–Crippen MR) is 59.3 cm³/mol. The normalized spacial score (nSPS) is 18.3. The van der Waals surface area contributed by atoms with Gasteiger partial charge in [0, 0.05) is 0 Å². The number of hydrogen-bond donors (Lipinski definition) is 1. The van der Waals surface area contributed by atoms with Crippen LogP contribution in [-0.4, -0.2) is 28.7 Å². The lowest BCUT2D eigenvalue weighted by Gasteiger charge is -2.39. The average molecular weight is 228 g/mol. The molecule has 0 aromatic carbocycles. The Hall–Kier alpha value is -0.870. The minimum Gasteiger partial charge on any atom is -0.376 e. The molecule has 2 rings (SSSR count). The van der Waals surface area contributed by atoms with Crippen LogP contribution in [0, 0.1) is 0 Å². The summed E-state index contributed by atoms with van der Waals surface area (Å²) in [6, 6.07) is 0. The Kier molecular flexibility index (Phi) is 2.80. The molecule has 1 aromatic rings. The van der Waals surface area contributed by atoms with Gasteiger partial charge in [0.15, 0.2) is 0 Å². The molecule has 0 atom stereocenters. The first-order valence-corrected chi connectivity index (χ1v) is 5.38. The summed E-state index contributed by atoms with van der Waals surface area (Å²) in [7, 11) is 0. The highest BCUT2D eigenvalue weighted by molar-refractivity contribution is 6.29. The fraction of sp³-hybridized carbons (Fsp3) is 0.600. The summed E-state index contributed by atoms with van der Waals surface area (Å²) >= 11 is 5.79. The molecule has 1 aliphatic heterocycles. The molecule has 82 valence electrons. The van der Waals surface area contributed by atoms with Gasteiger partial charge in [-0.25, -0.2) is 9.97 Å². The lowest BCUT2D eigenvalue weighted by atomic mass is 10.0. The highest BCUT2D eigenvalue weighted by atomic mass is 35.5. The number of ether oxygens (including phenoxy) is 1. The van der Waals surface area contributed by atoms with Crippen molar-refractivity contribution in [3.8, 4) is 0 Å². The molecule has 0 amide bonds.